The van der Waals surface area contributed by atoms with E-state index in [4.69, 9.17) is 18.0 Å². The van der Waals surface area contributed by atoms with E-state index in [1.807, 2.05) is 12.1 Å². The Morgan fingerprint density at radius 2 is 2.18 bits per heavy atom. The van der Waals surface area contributed by atoms with Gasteiger partial charge in [0, 0.05) is 23.1 Å². The highest BCUT2D eigenvalue weighted by Crippen LogP contribution is 2.28. The lowest BCUT2D eigenvalue weighted by Gasteiger charge is -2.28. The lowest BCUT2D eigenvalue weighted by molar-refractivity contribution is 0.615. The summed E-state index contributed by atoms with van der Waals surface area (Å²) in [5.74, 6) is 0. The van der Waals surface area contributed by atoms with Gasteiger partial charge in [0.2, 0.25) is 0 Å². The Hall–Kier alpha value is -0.610. The van der Waals surface area contributed by atoms with E-state index in [1.54, 1.807) is 0 Å². The molecular weight excluding hydrogens is 296 g/mol. The molecule has 0 aliphatic carbocycles. The third-order valence-electron chi connectivity index (χ3n) is 2.98. The molecular formula is C13H19BrN2S. The van der Waals surface area contributed by atoms with Crippen LogP contribution in [-0.2, 0) is 0 Å². The van der Waals surface area contributed by atoms with Gasteiger partial charge >= 0.3 is 0 Å². The van der Waals surface area contributed by atoms with E-state index >= 15 is 0 Å². The number of thiocarbonyl (C=S) groups is 1. The fourth-order valence-corrected chi connectivity index (χ4v) is 2.58. The SMILES string of the molecule is CCCC(C)N(C)c1ccc(C(N)=S)cc1Br. The number of nitrogens with zero attached hydrogens (tertiary/aromatic N) is 1. The molecule has 0 radical (unpaired) electrons. The molecule has 0 saturated carbocycles. The lowest BCUT2D eigenvalue weighted by Crippen LogP contribution is -2.28. The second-order valence-corrected chi connectivity index (χ2v) is 5.57. The summed E-state index contributed by atoms with van der Waals surface area (Å²) in [6.45, 7) is 4.44. The molecule has 1 rings (SSSR count). The first-order valence-electron chi connectivity index (χ1n) is 5.79. The van der Waals surface area contributed by atoms with Crippen LogP contribution in [0, 0.1) is 0 Å². The zero-order valence-electron chi connectivity index (χ0n) is 10.5. The van der Waals surface area contributed by atoms with Gasteiger partial charge in [0.1, 0.15) is 4.99 Å². The third kappa shape index (κ3) is 3.68. The summed E-state index contributed by atoms with van der Waals surface area (Å²) < 4.78 is 1.04. The Morgan fingerprint density at radius 1 is 1.53 bits per heavy atom. The van der Waals surface area contributed by atoms with E-state index in [9.17, 15) is 0 Å². The molecule has 2 N–H and O–H groups in total. The summed E-state index contributed by atoms with van der Waals surface area (Å²) in [5.41, 5.74) is 7.68. The fraction of sp³-hybridized carbons (Fsp3) is 0.462. The predicted molar refractivity (Wildman–Crippen MR) is 82.8 cm³/mol. The quantitative estimate of drug-likeness (QED) is 0.840. The van der Waals surface area contributed by atoms with E-state index in [1.165, 1.54) is 18.5 Å². The molecule has 0 aliphatic rings. The Bertz CT molecular complexity index is 406. The van der Waals surface area contributed by atoms with Crippen molar-refractivity contribution in [3.63, 3.8) is 0 Å². The standard InChI is InChI=1S/C13H19BrN2S/c1-4-5-9(2)16(3)12-7-6-10(13(15)17)8-11(12)14/h6-9H,4-5H2,1-3H3,(H2,15,17). The van der Waals surface area contributed by atoms with Gasteiger partial charge in [-0.3, -0.25) is 0 Å². The van der Waals surface area contributed by atoms with Gasteiger partial charge in [0.05, 0.1) is 5.69 Å². The van der Waals surface area contributed by atoms with Crippen LogP contribution in [0.4, 0.5) is 5.69 Å². The molecule has 2 nitrogen and oxygen atoms in total. The van der Waals surface area contributed by atoms with Crippen molar-refractivity contribution in [1.29, 1.82) is 0 Å². The molecule has 0 spiro atoms. The van der Waals surface area contributed by atoms with Crippen molar-refractivity contribution in [2.24, 2.45) is 5.73 Å². The Labute approximate surface area is 117 Å². The molecule has 4 heteroatoms. The van der Waals surface area contributed by atoms with Gasteiger partial charge in [-0.1, -0.05) is 25.6 Å². The molecule has 0 amide bonds. The predicted octanol–water partition coefficient (Wildman–Crippen LogP) is 3.71. The molecule has 0 aliphatic heterocycles. The topological polar surface area (TPSA) is 29.3 Å². The van der Waals surface area contributed by atoms with Gasteiger partial charge in [0.15, 0.2) is 0 Å². The van der Waals surface area contributed by atoms with Crippen molar-refractivity contribution >= 4 is 38.8 Å². The minimum atomic E-state index is 0.432. The van der Waals surface area contributed by atoms with Crippen LogP contribution in [0.5, 0.6) is 0 Å². The zero-order chi connectivity index (χ0) is 13.0. The van der Waals surface area contributed by atoms with Gasteiger partial charge < -0.3 is 10.6 Å². The van der Waals surface area contributed by atoms with Crippen LogP contribution in [0.15, 0.2) is 22.7 Å². The monoisotopic (exact) mass is 314 g/mol. The van der Waals surface area contributed by atoms with Crippen molar-refractivity contribution in [2.45, 2.75) is 32.7 Å². The molecule has 0 aromatic heterocycles. The molecule has 94 valence electrons. The highest BCUT2D eigenvalue weighted by atomic mass is 79.9. The number of nitrogens with two attached hydrogens (primary N) is 1. The zero-order valence-corrected chi connectivity index (χ0v) is 12.9. The van der Waals surface area contributed by atoms with Crippen LogP contribution < -0.4 is 10.6 Å². The maximum Gasteiger partial charge on any atom is 0.104 e. The normalized spacial score (nSPS) is 12.2. The number of halogens is 1. The molecule has 1 unspecified atom stereocenters. The molecule has 1 atom stereocenters. The van der Waals surface area contributed by atoms with Crippen molar-refractivity contribution < 1.29 is 0 Å². The first-order chi connectivity index (χ1) is 7.97. The van der Waals surface area contributed by atoms with Crippen LogP contribution in [0.3, 0.4) is 0 Å². The Balaban J connectivity index is 2.95. The maximum absolute atomic E-state index is 5.61. The molecule has 1 aromatic carbocycles. The maximum atomic E-state index is 5.61. The van der Waals surface area contributed by atoms with Crippen LogP contribution >= 0.6 is 28.1 Å². The van der Waals surface area contributed by atoms with Gasteiger partial charge in [-0.05, 0) is 47.5 Å². The summed E-state index contributed by atoms with van der Waals surface area (Å²) in [4.78, 5) is 2.71. The minimum absolute atomic E-state index is 0.432. The number of rotatable bonds is 5. The largest absolute Gasteiger partial charge is 0.389 e. The molecule has 0 heterocycles. The smallest absolute Gasteiger partial charge is 0.104 e. The van der Waals surface area contributed by atoms with Crippen LogP contribution in [0.2, 0.25) is 0 Å². The first-order valence-corrected chi connectivity index (χ1v) is 6.99. The average Bonchev–Trinajstić information content (AvgIpc) is 2.28. The number of anilines is 1. The van der Waals surface area contributed by atoms with E-state index in [0.29, 0.717) is 11.0 Å². The molecule has 0 fully saturated rings. The lowest BCUT2D eigenvalue weighted by atomic mass is 10.1. The Morgan fingerprint density at radius 3 is 2.65 bits per heavy atom. The van der Waals surface area contributed by atoms with Gasteiger partial charge in [-0.15, -0.1) is 0 Å². The van der Waals surface area contributed by atoms with Crippen molar-refractivity contribution in [3.05, 3.63) is 28.2 Å². The molecule has 0 bridgehead atoms. The van der Waals surface area contributed by atoms with Crippen LogP contribution in [-0.4, -0.2) is 18.1 Å². The number of benzene rings is 1. The summed E-state index contributed by atoms with van der Waals surface area (Å²) in [5, 5.41) is 0. The number of hydrogen-bond donors (Lipinski definition) is 1. The average molecular weight is 315 g/mol. The van der Waals surface area contributed by atoms with Crippen molar-refractivity contribution in [2.75, 3.05) is 11.9 Å². The summed E-state index contributed by atoms with van der Waals surface area (Å²) in [7, 11) is 2.11. The third-order valence-corrected chi connectivity index (χ3v) is 3.85. The fourth-order valence-electron chi connectivity index (χ4n) is 1.80. The number of hydrogen-bond acceptors (Lipinski definition) is 2. The first kappa shape index (κ1) is 14.5. The molecule has 0 saturated heterocycles. The van der Waals surface area contributed by atoms with E-state index in [-0.39, 0.29) is 0 Å². The summed E-state index contributed by atoms with van der Waals surface area (Å²) in [6.07, 6.45) is 2.37. The second kappa shape index (κ2) is 6.36. The summed E-state index contributed by atoms with van der Waals surface area (Å²) in [6, 6.07) is 6.53. The highest BCUT2D eigenvalue weighted by molar-refractivity contribution is 9.10. The highest BCUT2D eigenvalue weighted by Gasteiger charge is 2.12. The van der Waals surface area contributed by atoms with Crippen molar-refractivity contribution in [3.8, 4) is 0 Å². The Kier molecular flexibility index (Phi) is 5.40. The van der Waals surface area contributed by atoms with Gasteiger partial charge in [0.25, 0.3) is 0 Å². The molecule has 17 heavy (non-hydrogen) atoms. The van der Waals surface area contributed by atoms with E-state index < -0.39 is 0 Å². The summed E-state index contributed by atoms with van der Waals surface area (Å²) >= 11 is 8.55. The van der Waals surface area contributed by atoms with Gasteiger partial charge in [-0.2, -0.15) is 0 Å². The van der Waals surface area contributed by atoms with E-state index in [2.05, 4.69) is 47.8 Å². The van der Waals surface area contributed by atoms with E-state index in [0.717, 1.165) is 10.0 Å². The van der Waals surface area contributed by atoms with Crippen LogP contribution in [0.1, 0.15) is 32.3 Å². The van der Waals surface area contributed by atoms with Gasteiger partial charge in [-0.25, -0.2) is 0 Å². The van der Waals surface area contributed by atoms with Crippen molar-refractivity contribution in [1.82, 2.24) is 0 Å². The second-order valence-electron chi connectivity index (χ2n) is 4.28. The van der Waals surface area contributed by atoms with Crippen LogP contribution in [0.25, 0.3) is 0 Å². The minimum Gasteiger partial charge on any atom is -0.389 e. The molecule has 1 aromatic rings.